The molecule has 22 heavy (non-hydrogen) atoms. The molecule has 2 aromatic carbocycles. The quantitative estimate of drug-likeness (QED) is 0.888. The highest BCUT2D eigenvalue weighted by molar-refractivity contribution is 7.90. The molecule has 0 fully saturated rings. The highest BCUT2D eigenvalue weighted by atomic mass is 32.2. The predicted octanol–water partition coefficient (Wildman–Crippen LogP) is 2.76. The summed E-state index contributed by atoms with van der Waals surface area (Å²) in [6.45, 7) is 1.79. The molecular formula is C16H18FNO3S. The van der Waals surface area contributed by atoms with Crippen LogP contribution in [0.1, 0.15) is 18.6 Å². The fraction of sp³-hybridized carbons (Fsp3) is 0.250. The summed E-state index contributed by atoms with van der Waals surface area (Å²) >= 11 is 0. The first-order chi connectivity index (χ1) is 10.3. The molecule has 2 aromatic rings. The summed E-state index contributed by atoms with van der Waals surface area (Å²) in [5.41, 5.74) is 1.30. The summed E-state index contributed by atoms with van der Waals surface area (Å²) < 4.78 is 35.7. The monoisotopic (exact) mass is 323 g/mol. The molecule has 2 N–H and O–H groups in total. The van der Waals surface area contributed by atoms with Crippen LogP contribution in [0.25, 0.3) is 0 Å². The third kappa shape index (κ3) is 4.05. The van der Waals surface area contributed by atoms with Gasteiger partial charge in [0.2, 0.25) is 0 Å². The average molecular weight is 323 g/mol. The van der Waals surface area contributed by atoms with Crippen molar-refractivity contribution in [1.82, 2.24) is 0 Å². The van der Waals surface area contributed by atoms with Crippen molar-refractivity contribution >= 4 is 15.5 Å². The van der Waals surface area contributed by atoms with Crippen molar-refractivity contribution in [2.45, 2.75) is 24.0 Å². The first kappa shape index (κ1) is 16.5. The second kappa shape index (κ2) is 6.46. The van der Waals surface area contributed by atoms with Crippen LogP contribution in [-0.4, -0.2) is 25.8 Å². The minimum Gasteiger partial charge on any atom is -0.386 e. The lowest BCUT2D eigenvalue weighted by atomic mass is 10.0. The zero-order valence-electron chi connectivity index (χ0n) is 12.3. The Morgan fingerprint density at radius 2 is 1.59 bits per heavy atom. The van der Waals surface area contributed by atoms with Gasteiger partial charge in [-0.25, -0.2) is 12.8 Å². The van der Waals surface area contributed by atoms with E-state index in [1.165, 1.54) is 36.4 Å². The van der Waals surface area contributed by atoms with Gasteiger partial charge in [-0.15, -0.1) is 0 Å². The van der Waals surface area contributed by atoms with E-state index in [0.717, 1.165) is 6.26 Å². The molecule has 0 aliphatic carbocycles. The van der Waals surface area contributed by atoms with Crippen molar-refractivity contribution in [2.75, 3.05) is 11.6 Å². The van der Waals surface area contributed by atoms with E-state index in [0.29, 0.717) is 11.3 Å². The molecule has 0 spiro atoms. The van der Waals surface area contributed by atoms with Gasteiger partial charge in [0.05, 0.1) is 17.0 Å². The van der Waals surface area contributed by atoms with Crippen LogP contribution in [0.5, 0.6) is 0 Å². The Hall–Kier alpha value is -1.92. The molecule has 2 atom stereocenters. The second-order valence-electron chi connectivity index (χ2n) is 5.23. The number of anilines is 1. The van der Waals surface area contributed by atoms with E-state index < -0.39 is 15.9 Å². The molecule has 0 aromatic heterocycles. The minimum atomic E-state index is -3.22. The smallest absolute Gasteiger partial charge is 0.175 e. The van der Waals surface area contributed by atoms with E-state index in [2.05, 4.69) is 5.32 Å². The molecular weight excluding hydrogens is 305 g/mol. The van der Waals surface area contributed by atoms with E-state index in [4.69, 9.17) is 0 Å². The number of aliphatic hydroxyl groups excluding tert-OH is 1. The van der Waals surface area contributed by atoms with E-state index in [1.54, 1.807) is 19.1 Å². The van der Waals surface area contributed by atoms with E-state index in [-0.39, 0.29) is 16.8 Å². The molecule has 0 bridgehead atoms. The summed E-state index contributed by atoms with van der Waals surface area (Å²) in [6, 6.07) is 11.6. The lowest BCUT2D eigenvalue weighted by Gasteiger charge is -2.21. The van der Waals surface area contributed by atoms with Gasteiger partial charge >= 0.3 is 0 Å². The zero-order valence-corrected chi connectivity index (χ0v) is 13.1. The Balaban J connectivity index is 2.08. The van der Waals surface area contributed by atoms with Crippen LogP contribution in [0, 0.1) is 5.82 Å². The van der Waals surface area contributed by atoms with Crippen molar-refractivity contribution in [3.63, 3.8) is 0 Å². The van der Waals surface area contributed by atoms with Gasteiger partial charge in [-0.1, -0.05) is 12.1 Å². The van der Waals surface area contributed by atoms with Crippen molar-refractivity contribution in [1.29, 1.82) is 0 Å². The van der Waals surface area contributed by atoms with Crippen LogP contribution >= 0.6 is 0 Å². The summed E-state index contributed by atoms with van der Waals surface area (Å²) in [5, 5.41) is 13.3. The summed E-state index contributed by atoms with van der Waals surface area (Å²) in [6.07, 6.45) is 0.339. The lowest BCUT2D eigenvalue weighted by Crippen LogP contribution is -2.24. The number of halogens is 1. The van der Waals surface area contributed by atoms with Crippen molar-refractivity contribution in [2.24, 2.45) is 0 Å². The normalized spacial score (nSPS) is 14.4. The molecule has 0 aliphatic rings. The van der Waals surface area contributed by atoms with Crippen LogP contribution in [-0.2, 0) is 9.84 Å². The van der Waals surface area contributed by atoms with Gasteiger partial charge in [-0.3, -0.25) is 0 Å². The van der Waals surface area contributed by atoms with Gasteiger partial charge in [0, 0.05) is 11.9 Å². The van der Waals surface area contributed by atoms with Crippen LogP contribution in [0.15, 0.2) is 53.4 Å². The summed E-state index contributed by atoms with van der Waals surface area (Å²) in [4.78, 5) is 0.241. The largest absolute Gasteiger partial charge is 0.386 e. The second-order valence-corrected chi connectivity index (χ2v) is 7.24. The van der Waals surface area contributed by atoms with Crippen LogP contribution in [0.2, 0.25) is 0 Å². The Bertz CT molecular complexity index is 727. The number of rotatable bonds is 5. The van der Waals surface area contributed by atoms with E-state index in [1.807, 2.05) is 0 Å². The third-order valence-corrected chi connectivity index (χ3v) is 4.49. The van der Waals surface area contributed by atoms with Gasteiger partial charge < -0.3 is 10.4 Å². The molecule has 0 aliphatic heterocycles. The number of hydrogen-bond acceptors (Lipinski definition) is 4. The number of benzene rings is 2. The molecule has 4 nitrogen and oxygen atoms in total. The standard InChI is InChI=1S/C16H18FNO3S/c1-11(16(19)12-3-5-13(17)6-4-12)18-14-7-9-15(10-8-14)22(2,20)21/h3-11,16,18-19H,1-2H3/t11-,16-/m1/s1. The van der Waals surface area contributed by atoms with Crippen LogP contribution in [0.3, 0.4) is 0 Å². The van der Waals surface area contributed by atoms with Gasteiger partial charge in [0.15, 0.2) is 9.84 Å². The minimum absolute atomic E-state index is 0.241. The highest BCUT2D eigenvalue weighted by Crippen LogP contribution is 2.21. The molecule has 0 radical (unpaired) electrons. The molecule has 0 amide bonds. The summed E-state index contributed by atoms with van der Waals surface area (Å²) in [5.74, 6) is -0.354. The van der Waals surface area contributed by atoms with Crippen LogP contribution < -0.4 is 5.32 Å². The highest BCUT2D eigenvalue weighted by Gasteiger charge is 2.16. The fourth-order valence-electron chi connectivity index (χ4n) is 2.09. The van der Waals surface area contributed by atoms with Crippen LogP contribution in [0.4, 0.5) is 10.1 Å². The molecule has 0 saturated heterocycles. The molecule has 0 heterocycles. The Morgan fingerprint density at radius 1 is 1.05 bits per heavy atom. The van der Waals surface area contributed by atoms with Gasteiger partial charge in [0.25, 0.3) is 0 Å². The number of aliphatic hydroxyl groups is 1. The molecule has 0 unspecified atom stereocenters. The molecule has 6 heteroatoms. The topological polar surface area (TPSA) is 66.4 Å². The Morgan fingerprint density at radius 3 is 2.09 bits per heavy atom. The SMILES string of the molecule is C[C@@H](Nc1ccc(S(C)(=O)=O)cc1)[C@@H](O)c1ccc(F)cc1. The molecule has 0 saturated carbocycles. The predicted molar refractivity (Wildman–Crippen MR) is 84.0 cm³/mol. The Kier molecular flexibility index (Phi) is 4.83. The molecule has 118 valence electrons. The zero-order chi connectivity index (χ0) is 16.3. The maximum Gasteiger partial charge on any atom is 0.175 e. The Labute approximate surface area is 129 Å². The number of hydrogen-bond donors (Lipinski definition) is 2. The fourth-order valence-corrected chi connectivity index (χ4v) is 2.72. The van der Waals surface area contributed by atoms with Crippen molar-refractivity contribution in [3.8, 4) is 0 Å². The van der Waals surface area contributed by atoms with Gasteiger partial charge in [-0.2, -0.15) is 0 Å². The molecule has 2 rings (SSSR count). The number of nitrogens with one attached hydrogen (secondary N) is 1. The van der Waals surface area contributed by atoms with E-state index in [9.17, 15) is 17.9 Å². The van der Waals surface area contributed by atoms with Gasteiger partial charge in [-0.05, 0) is 48.9 Å². The number of sulfone groups is 1. The maximum absolute atomic E-state index is 12.9. The first-order valence-corrected chi connectivity index (χ1v) is 8.67. The van der Waals surface area contributed by atoms with Crippen molar-refractivity contribution in [3.05, 3.63) is 59.9 Å². The van der Waals surface area contributed by atoms with Gasteiger partial charge in [0.1, 0.15) is 5.82 Å². The third-order valence-electron chi connectivity index (χ3n) is 3.36. The maximum atomic E-state index is 12.9. The first-order valence-electron chi connectivity index (χ1n) is 6.77. The van der Waals surface area contributed by atoms with Crippen molar-refractivity contribution < 1.29 is 17.9 Å². The average Bonchev–Trinajstić information content (AvgIpc) is 2.47. The lowest BCUT2D eigenvalue weighted by molar-refractivity contribution is 0.160. The van der Waals surface area contributed by atoms with E-state index >= 15 is 0 Å². The summed E-state index contributed by atoms with van der Waals surface area (Å²) in [7, 11) is -3.22.